The number of aliphatic hydroxyl groups excluding tert-OH is 2. The molecule has 0 fully saturated rings. The van der Waals surface area contributed by atoms with E-state index in [9.17, 15) is 4.79 Å². The summed E-state index contributed by atoms with van der Waals surface area (Å²) in [5, 5.41) is 27.5. The van der Waals surface area contributed by atoms with E-state index in [0.29, 0.717) is 5.75 Å². The molecule has 24 heavy (non-hydrogen) atoms. The molecule has 0 saturated heterocycles. The third-order valence-corrected chi connectivity index (χ3v) is 3.56. The summed E-state index contributed by atoms with van der Waals surface area (Å²) in [6.07, 6.45) is 3.46. The summed E-state index contributed by atoms with van der Waals surface area (Å²) in [4.78, 5) is 11.8. The van der Waals surface area contributed by atoms with E-state index >= 15 is 0 Å². The number of ether oxygens (including phenoxy) is 1. The third-order valence-electron chi connectivity index (χ3n) is 3.56. The number of aliphatic hydroxyl groups is 2. The van der Waals surface area contributed by atoms with E-state index in [1.807, 2.05) is 31.2 Å². The lowest BCUT2D eigenvalue weighted by Crippen LogP contribution is -2.46. The number of urea groups is 1. The van der Waals surface area contributed by atoms with Crippen molar-refractivity contribution in [1.82, 2.24) is 20.4 Å². The molecule has 1 aromatic heterocycles. The number of hydrogen-bond acceptors (Lipinski definition) is 5. The summed E-state index contributed by atoms with van der Waals surface area (Å²) in [7, 11) is 1.59. The van der Waals surface area contributed by atoms with Gasteiger partial charge in [0.1, 0.15) is 11.4 Å². The van der Waals surface area contributed by atoms with E-state index in [2.05, 4.69) is 15.7 Å². The number of methoxy groups -OCH3 is 1. The predicted octanol–water partition coefficient (Wildman–Crippen LogP) is 0.594. The maximum atomic E-state index is 11.8. The second-order valence-corrected chi connectivity index (χ2v) is 5.29. The molecule has 8 nitrogen and oxygen atoms in total. The molecule has 1 heterocycles. The Kier molecular flexibility index (Phi) is 6.16. The van der Waals surface area contributed by atoms with Gasteiger partial charge < -0.3 is 25.6 Å². The smallest absolute Gasteiger partial charge is 0.315 e. The number of rotatable bonds is 7. The van der Waals surface area contributed by atoms with Crippen molar-refractivity contribution >= 4 is 6.03 Å². The molecule has 1 aromatic carbocycles. The van der Waals surface area contributed by atoms with Gasteiger partial charge in [0.25, 0.3) is 0 Å². The first-order valence-electron chi connectivity index (χ1n) is 7.55. The maximum Gasteiger partial charge on any atom is 0.315 e. The van der Waals surface area contributed by atoms with Crippen LogP contribution in [0.1, 0.15) is 18.5 Å². The molecule has 2 rings (SSSR count). The summed E-state index contributed by atoms with van der Waals surface area (Å²) < 4.78 is 6.99. The van der Waals surface area contributed by atoms with Crippen LogP contribution in [0.15, 0.2) is 36.7 Å². The molecular formula is C16H22N4O4. The number of carbonyl (C=O) groups is 1. The number of nitrogens with zero attached hydrogens (tertiary/aromatic N) is 2. The van der Waals surface area contributed by atoms with Gasteiger partial charge in [0, 0.05) is 11.8 Å². The molecule has 4 N–H and O–H groups in total. The van der Waals surface area contributed by atoms with Crippen LogP contribution < -0.4 is 15.4 Å². The molecule has 0 aliphatic carbocycles. The molecule has 1 atom stereocenters. The van der Waals surface area contributed by atoms with Crippen LogP contribution in [-0.2, 0) is 0 Å². The normalized spacial score (nSPS) is 12.0. The molecule has 0 bridgehead atoms. The molecule has 0 aliphatic rings. The Morgan fingerprint density at radius 3 is 2.67 bits per heavy atom. The fraction of sp³-hybridized carbons (Fsp3) is 0.375. The number of hydrogen-bond donors (Lipinski definition) is 4. The van der Waals surface area contributed by atoms with Crippen molar-refractivity contribution in [3.63, 3.8) is 0 Å². The molecule has 130 valence electrons. The van der Waals surface area contributed by atoms with E-state index in [1.54, 1.807) is 24.2 Å². The monoisotopic (exact) mass is 334 g/mol. The molecule has 0 saturated carbocycles. The van der Waals surface area contributed by atoms with Gasteiger partial charge in [-0.25, -0.2) is 9.48 Å². The Hall–Kier alpha value is -2.58. The van der Waals surface area contributed by atoms with E-state index < -0.39 is 12.1 Å². The Balaban J connectivity index is 2.06. The van der Waals surface area contributed by atoms with Crippen LogP contribution >= 0.6 is 0 Å². The molecular weight excluding hydrogens is 312 g/mol. The highest BCUT2D eigenvalue weighted by Gasteiger charge is 2.15. The van der Waals surface area contributed by atoms with Crippen LogP contribution in [0.25, 0.3) is 5.69 Å². The van der Waals surface area contributed by atoms with Crippen molar-refractivity contribution in [2.45, 2.75) is 19.0 Å². The minimum Gasteiger partial charge on any atom is -0.494 e. The average molecular weight is 334 g/mol. The number of nitrogens with one attached hydrogen (secondary N) is 2. The van der Waals surface area contributed by atoms with Gasteiger partial charge in [0.2, 0.25) is 0 Å². The SMILES string of the molecule is COc1ccccc1-n1cc([C@H](C)NC(=O)NC(CO)CO)cn1. The average Bonchev–Trinajstić information content (AvgIpc) is 3.09. The summed E-state index contributed by atoms with van der Waals surface area (Å²) >= 11 is 0. The summed E-state index contributed by atoms with van der Waals surface area (Å²) in [5.74, 6) is 0.694. The number of para-hydroxylation sites is 2. The largest absolute Gasteiger partial charge is 0.494 e. The van der Waals surface area contributed by atoms with Crippen molar-refractivity contribution in [1.29, 1.82) is 0 Å². The first-order valence-corrected chi connectivity index (χ1v) is 7.55. The summed E-state index contributed by atoms with van der Waals surface area (Å²) in [6, 6.07) is 6.03. The van der Waals surface area contributed by atoms with Gasteiger partial charge in [0.05, 0.1) is 38.6 Å². The highest BCUT2D eigenvalue weighted by atomic mass is 16.5. The molecule has 0 aliphatic heterocycles. The fourth-order valence-corrected chi connectivity index (χ4v) is 2.17. The van der Waals surface area contributed by atoms with Crippen molar-refractivity contribution in [3.8, 4) is 11.4 Å². The second-order valence-electron chi connectivity index (χ2n) is 5.29. The van der Waals surface area contributed by atoms with Crippen LogP contribution in [0.5, 0.6) is 5.75 Å². The number of amides is 2. The number of carbonyl (C=O) groups excluding carboxylic acids is 1. The topological polar surface area (TPSA) is 109 Å². The molecule has 2 amide bonds. The minimum absolute atomic E-state index is 0.300. The van der Waals surface area contributed by atoms with Gasteiger partial charge in [-0.3, -0.25) is 0 Å². The van der Waals surface area contributed by atoms with Gasteiger partial charge in [-0.2, -0.15) is 5.10 Å². The summed E-state index contributed by atoms with van der Waals surface area (Å²) in [6.45, 7) is 1.16. The van der Waals surface area contributed by atoms with Gasteiger partial charge in [-0.15, -0.1) is 0 Å². The zero-order valence-electron chi connectivity index (χ0n) is 13.6. The highest BCUT2D eigenvalue weighted by Crippen LogP contribution is 2.22. The van der Waals surface area contributed by atoms with Crippen LogP contribution in [0.2, 0.25) is 0 Å². The van der Waals surface area contributed by atoms with Crippen molar-refractivity contribution in [3.05, 3.63) is 42.2 Å². The Labute approximate surface area is 140 Å². The quantitative estimate of drug-likeness (QED) is 0.593. The first-order chi connectivity index (χ1) is 11.6. The molecule has 0 unspecified atom stereocenters. The zero-order valence-corrected chi connectivity index (χ0v) is 13.6. The van der Waals surface area contributed by atoms with E-state index in [0.717, 1.165) is 11.3 Å². The number of aromatic nitrogens is 2. The van der Waals surface area contributed by atoms with Crippen molar-refractivity contribution in [2.24, 2.45) is 0 Å². The van der Waals surface area contributed by atoms with Crippen molar-refractivity contribution < 1.29 is 19.7 Å². The molecule has 2 aromatic rings. The lowest BCUT2D eigenvalue weighted by atomic mass is 10.2. The minimum atomic E-state index is -0.687. The van der Waals surface area contributed by atoms with Gasteiger partial charge in [0.15, 0.2) is 0 Å². The zero-order chi connectivity index (χ0) is 17.5. The van der Waals surface area contributed by atoms with E-state index in [1.165, 1.54) is 0 Å². The fourth-order valence-electron chi connectivity index (χ4n) is 2.17. The van der Waals surface area contributed by atoms with E-state index in [4.69, 9.17) is 14.9 Å². The summed E-state index contributed by atoms with van der Waals surface area (Å²) in [5.41, 5.74) is 1.60. The first kappa shape index (κ1) is 17.8. The Bertz CT molecular complexity index is 670. The van der Waals surface area contributed by atoms with Crippen molar-refractivity contribution in [2.75, 3.05) is 20.3 Å². The number of benzene rings is 1. The molecule has 0 radical (unpaired) electrons. The molecule has 0 spiro atoms. The lowest BCUT2D eigenvalue weighted by molar-refractivity contribution is 0.168. The van der Waals surface area contributed by atoms with Crippen LogP contribution in [-0.4, -0.2) is 52.4 Å². The predicted molar refractivity (Wildman–Crippen MR) is 88.2 cm³/mol. The second kappa shape index (κ2) is 8.32. The van der Waals surface area contributed by atoms with Gasteiger partial charge in [-0.1, -0.05) is 12.1 Å². The van der Waals surface area contributed by atoms with E-state index in [-0.39, 0.29) is 19.3 Å². The lowest BCUT2D eigenvalue weighted by Gasteiger charge is -2.17. The van der Waals surface area contributed by atoms with Crippen LogP contribution in [0, 0.1) is 0 Å². The third kappa shape index (κ3) is 4.24. The molecule has 8 heteroatoms. The Morgan fingerprint density at radius 2 is 2.00 bits per heavy atom. The van der Waals surface area contributed by atoms with Crippen LogP contribution in [0.4, 0.5) is 4.79 Å². The van der Waals surface area contributed by atoms with Gasteiger partial charge in [-0.05, 0) is 19.1 Å². The standard InChI is InChI=1S/C16H22N4O4/c1-11(18-16(23)19-13(9-21)10-22)12-7-17-20(8-12)14-5-3-4-6-15(14)24-2/h3-8,11,13,21-22H,9-10H2,1-2H3,(H2,18,19,23)/t11-/m0/s1. The highest BCUT2D eigenvalue weighted by molar-refractivity contribution is 5.74. The maximum absolute atomic E-state index is 11.8. The Morgan fingerprint density at radius 1 is 1.29 bits per heavy atom. The van der Waals surface area contributed by atoms with Crippen LogP contribution in [0.3, 0.4) is 0 Å². The van der Waals surface area contributed by atoms with Gasteiger partial charge >= 0.3 is 6.03 Å².